The second kappa shape index (κ2) is 12.5. The molecule has 0 aliphatic rings. The van der Waals surface area contributed by atoms with Crippen molar-refractivity contribution >= 4 is 23.9 Å². The molecule has 3 atom stereocenters. The average molecular weight is 319 g/mol. The second-order valence-electron chi connectivity index (χ2n) is 3.42. The molecule has 7 N–H and O–H groups in total. The Balaban J connectivity index is -0.000000295. The Hall–Kier alpha value is -1.24. The first kappa shape index (κ1) is 24.8. The van der Waals surface area contributed by atoms with Crippen molar-refractivity contribution in [3.8, 4) is 0 Å². The fourth-order valence-corrected chi connectivity index (χ4v) is 0.667. The van der Waals surface area contributed by atoms with Crippen molar-refractivity contribution in [3.63, 3.8) is 0 Å². The summed E-state index contributed by atoms with van der Waals surface area (Å²) in [5.74, 6) is -6.01. The van der Waals surface area contributed by atoms with Crippen molar-refractivity contribution in [2.75, 3.05) is 0 Å². The van der Waals surface area contributed by atoms with E-state index >= 15 is 0 Å². The molecule has 0 aliphatic carbocycles. The first-order valence-corrected chi connectivity index (χ1v) is 5.00. The summed E-state index contributed by atoms with van der Waals surface area (Å²) < 4.78 is 0. The molecule has 0 aromatic heterocycles. The second-order valence-corrected chi connectivity index (χ2v) is 3.42. The molecule has 0 aromatic carbocycles. The number of aliphatic hydroxyl groups excluding tert-OH is 2. The first-order valence-electron chi connectivity index (χ1n) is 5.00. The van der Waals surface area contributed by atoms with E-state index in [1.54, 1.807) is 0 Å². The summed E-state index contributed by atoms with van der Waals surface area (Å²) in [6.07, 6.45) is -4.86. The molecule has 0 saturated carbocycles. The van der Waals surface area contributed by atoms with Gasteiger partial charge < -0.3 is 41.2 Å². The molecule has 2 unspecified atom stereocenters. The van der Waals surface area contributed by atoms with E-state index in [1.165, 1.54) is 0 Å². The number of hydrogen-bond acceptors (Lipinski definition) is 8. The Labute approximate surface area is 140 Å². The van der Waals surface area contributed by atoms with Crippen LogP contribution in [0.3, 0.4) is 0 Å². The molecule has 0 rings (SSSR count). The van der Waals surface area contributed by atoms with E-state index in [9.17, 15) is 24.3 Å². The molecule has 0 aliphatic heterocycles. The van der Waals surface area contributed by atoms with Crippen molar-refractivity contribution < 1.29 is 79.4 Å². The van der Waals surface area contributed by atoms with Gasteiger partial charge in [-0.15, -0.1) is 0 Å². The molecular weight excluding hydrogens is 305 g/mol. The summed E-state index contributed by atoms with van der Waals surface area (Å²) in [5, 5.41) is 50.5. The van der Waals surface area contributed by atoms with E-state index in [1.807, 2.05) is 0 Å². The van der Waals surface area contributed by atoms with Crippen LogP contribution in [-0.4, -0.2) is 67.7 Å². The van der Waals surface area contributed by atoms with Gasteiger partial charge in [0.05, 0.1) is 5.97 Å². The van der Waals surface area contributed by atoms with Crippen LogP contribution in [0.15, 0.2) is 0 Å². The molecule has 0 fully saturated rings. The van der Waals surface area contributed by atoms with Gasteiger partial charge in [-0.3, -0.25) is 4.79 Å². The summed E-state index contributed by atoms with van der Waals surface area (Å²) in [6, 6.07) is -1.17. The fourth-order valence-electron chi connectivity index (χ4n) is 0.667. The predicted octanol–water partition coefficient (Wildman–Crippen LogP) is -7.19. The number of rotatable bonds is 7. The molecule has 0 aromatic rings. The zero-order valence-corrected chi connectivity index (χ0v) is 13.0. The number of nitrogens with two attached hydrogens (primary N) is 1. The Kier molecular flexibility index (Phi) is 14.7. The molecule has 0 amide bonds. The Morgan fingerprint density at radius 3 is 1.48 bits per heavy atom. The number of aliphatic hydroxyl groups is 2. The third-order valence-corrected chi connectivity index (χ3v) is 1.78. The van der Waals surface area contributed by atoms with Gasteiger partial charge in [0.25, 0.3) is 0 Å². The van der Waals surface area contributed by atoms with Crippen LogP contribution in [0.2, 0.25) is 0 Å². The van der Waals surface area contributed by atoms with Gasteiger partial charge in [0.2, 0.25) is 0 Å². The fraction of sp³-hybridized carbons (Fsp3) is 0.556. The molecule has 0 saturated heterocycles. The van der Waals surface area contributed by atoms with E-state index in [0.717, 1.165) is 0 Å². The van der Waals surface area contributed by atoms with E-state index in [0.29, 0.717) is 0 Å². The maximum atomic E-state index is 9.88. The predicted molar refractivity (Wildman–Crippen MR) is 57.1 cm³/mol. The summed E-state index contributed by atoms with van der Waals surface area (Å²) in [7, 11) is 0. The summed E-state index contributed by atoms with van der Waals surface area (Å²) in [4.78, 5) is 39.3. The van der Waals surface area contributed by atoms with Gasteiger partial charge in [-0.2, -0.15) is 0 Å². The number of hydrogen-bond donors (Lipinski definition) is 6. The zero-order chi connectivity index (χ0) is 16.5. The van der Waals surface area contributed by atoms with Gasteiger partial charge in [-0.25, -0.2) is 9.59 Å². The molecule has 0 spiro atoms. The van der Waals surface area contributed by atoms with Crippen molar-refractivity contribution in [2.45, 2.75) is 31.1 Å². The van der Waals surface area contributed by atoms with Crippen LogP contribution in [0.5, 0.6) is 0 Å². The van der Waals surface area contributed by atoms with E-state index in [2.05, 4.69) is 0 Å². The largest absolute Gasteiger partial charge is 1.00 e. The number of carbonyl (C=O) groups excluding carboxylic acids is 1. The number of carbonyl (C=O) groups is 4. The summed E-state index contributed by atoms with van der Waals surface area (Å²) >= 11 is 0. The van der Waals surface area contributed by atoms with Gasteiger partial charge >= 0.3 is 47.5 Å². The minimum atomic E-state index is -2.27. The van der Waals surface area contributed by atoms with Crippen LogP contribution < -0.4 is 40.4 Å². The van der Waals surface area contributed by atoms with Crippen LogP contribution in [0.25, 0.3) is 0 Å². The smallest absolute Gasteiger partial charge is 0.548 e. The van der Waals surface area contributed by atoms with Crippen molar-refractivity contribution in [1.29, 1.82) is 0 Å². The quantitative estimate of drug-likeness (QED) is 0.242. The molecule has 21 heavy (non-hydrogen) atoms. The number of carboxylic acid groups (broad SMARTS) is 4. The monoisotopic (exact) mass is 319 g/mol. The zero-order valence-electron chi connectivity index (χ0n) is 11.0. The number of aliphatic carboxylic acids is 4. The van der Waals surface area contributed by atoms with Gasteiger partial charge in [-0.1, -0.05) is 0 Å². The first-order chi connectivity index (χ1) is 9.00. The standard InChI is InChI=1S/C5H9NO4.C4H6O6.Na/c6-3(5(9)10)1-2-4(7)8;5-1(3(7)8)2(6)4(9)10;/h3H,1-2,6H2,(H,7,8)(H,9,10);1-2,5-6H,(H,7,8)(H,9,10);/q;;+1/p-1/t3-;;/m0../s1. The van der Waals surface area contributed by atoms with Gasteiger partial charge in [0.15, 0.2) is 12.2 Å². The number of carboxylic acids is 4. The molecule has 0 radical (unpaired) electrons. The topological polar surface area (TPSA) is 219 Å². The average Bonchev–Trinajstić information content (AvgIpc) is 2.34. The molecular formula is C9H14NNaO10. The normalized spacial score (nSPS) is 13.5. The van der Waals surface area contributed by atoms with Crippen LogP contribution in [-0.2, 0) is 19.2 Å². The summed E-state index contributed by atoms with van der Waals surface area (Å²) in [5.41, 5.74) is 4.94. The minimum absolute atomic E-state index is 0. The third-order valence-electron chi connectivity index (χ3n) is 1.78. The maximum Gasteiger partial charge on any atom is 1.00 e. The SMILES string of the molecule is N[C@@H](CCC(=O)O)C(=O)[O-].O=C(O)C(O)C(O)C(=O)O.[Na+]. The Morgan fingerprint density at radius 2 is 1.29 bits per heavy atom. The van der Waals surface area contributed by atoms with Gasteiger partial charge in [-0.05, 0) is 6.42 Å². The van der Waals surface area contributed by atoms with Gasteiger partial charge in [0.1, 0.15) is 0 Å². The van der Waals surface area contributed by atoms with E-state index < -0.39 is 42.1 Å². The molecule has 0 bridgehead atoms. The Morgan fingerprint density at radius 1 is 0.952 bits per heavy atom. The van der Waals surface area contributed by atoms with Crippen molar-refractivity contribution in [1.82, 2.24) is 0 Å². The van der Waals surface area contributed by atoms with Crippen LogP contribution >= 0.6 is 0 Å². The maximum absolute atomic E-state index is 9.88. The van der Waals surface area contributed by atoms with Gasteiger partial charge in [0, 0.05) is 12.5 Å². The van der Waals surface area contributed by atoms with Crippen LogP contribution in [0.1, 0.15) is 12.8 Å². The third kappa shape index (κ3) is 13.5. The van der Waals surface area contributed by atoms with Crippen LogP contribution in [0, 0.1) is 0 Å². The van der Waals surface area contributed by atoms with Crippen molar-refractivity contribution in [2.24, 2.45) is 5.73 Å². The van der Waals surface area contributed by atoms with Crippen LogP contribution in [0.4, 0.5) is 0 Å². The molecule has 116 valence electrons. The minimum Gasteiger partial charge on any atom is -0.548 e. The molecule has 12 heteroatoms. The van der Waals surface area contributed by atoms with Crippen molar-refractivity contribution in [3.05, 3.63) is 0 Å². The van der Waals surface area contributed by atoms with E-state index in [-0.39, 0.29) is 42.4 Å². The summed E-state index contributed by atoms with van der Waals surface area (Å²) in [6.45, 7) is 0. The molecule has 11 nitrogen and oxygen atoms in total. The van der Waals surface area contributed by atoms with E-state index in [4.69, 9.17) is 31.3 Å². The molecule has 0 heterocycles. The Bertz CT molecular complexity index is 356.